The largest absolute Gasteiger partial charge is 0.490 e. The first-order valence-electron chi connectivity index (χ1n) is 7.83. The quantitative estimate of drug-likeness (QED) is 0.691. The lowest BCUT2D eigenvalue weighted by Crippen LogP contribution is -2.34. The summed E-state index contributed by atoms with van der Waals surface area (Å²) in [5.41, 5.74) is 0. The zero-order chi connectivity index (χ0) is 16.9. The van der Waals surface area contributed by atoms with Gasteiger partial charge in [-0.25, -0.2) is 8.42 Å². The topological polar surface area (TPSA) is 79.6 Å². The standard InChI is InChI=1S/C16H22N2O4S/c1-3-21-15-9-8-14(12-16(15)22-4-2)23(19,20)18(11-5-10-17)13-6-7-13/h8-9,12-13H,3-7,11H2,1-2H3. The number of rotatable bonds is 9. The van der Waals surface area contributed by atoms with Crippen LogP contribution in [0.1, 0.15) is 33.1 Å². The maximum atomic E-state index is 12.9. The molecule has 1 saturated carbocycles. The van der Waals surface area contributed by atoms with Crippen LogP contribution in [0.15, 0.2) is 23.1 Å². The number of ether oxygens (including phenoxy) is 2. The minimum Gasteiger partial charge on any atom is -0.490 e. The summed E-state index contributed by atoms with van der Waals surface area (Å²) in [5.74, 6) is 0.953. The Hall–Kier alpha value is -1.78. The first-order valence-corrected chi connectivity index (χ1v) is 9.27. The molecule has 0 spiro atoms. The van der Waals surface area contributed by atoms with Gasteiger partial charge >= 0.3 is 0 Å². The van der Waals surface area contributed by atoms with Crippen LogP contribution in [0.2, 0.25) is 0 Å². The van der Waals surface area contributed by atoms with Crippen LogP contribution in [0.3, 0.4) is 0 Å². The van der Waals surface area contributed by atoms with E-state index in [-0.39, 0.29) is 23.9 Å². The molecule has 0 aromatic heterocycles. The second kappa shape index (κ2) is 7.66. The predicted molar refractivity (Wildman–Crippen MR) is 85.9 cm³/mol. The lowest BCUT2D eigenvalue weighted by atomic mass is 10.3. The molecule has 1 aromatic rings. The summed E-state index contributed by atoms with van der Waals surface area (Å²) in [4.78, 5) is 0.175. The molecule has 2 rings (SSSR count). The van der Waals surface area contributed by atoms with Crippen molar-refractivity contribution in [2.24, 2.45) is 0 Å². The molecule has 1 aliphatic carbocycles. The molecule has 0 heterocycles. The number of sulfonamides is 1. The molecule has 1 aromatic carbocycles. The van der Waals surface area contributed by atoms with Crippen LogP contribution >= 0.6 is 0 Å². The Morgan fingerprint density at radius 2 is 1.87 bits per heavy atom. The normalized spacial score (nSPS) is 14.5. The van der Waals surface area contributed by atoms with Gasteiger partial charge in [-0.05, 0) is 38.8 Å². The van der Waals surface area contributed by atoms with Crippen molar-refractivity contribution in [3.05, 3.63) is 18.2 Å². The molecule has 0 aliphatic heterocycles. The number of hydrogen-bond donors (Lipinski definition) is 0. The van der Waals surface area contributed by atoms with Gasteiger partial charge in [0.1, 0.15) is 0 Å². The Morgan fingerprint density at radius 1 is 1.22 bits per heavy atom. The smallest absolute Gasteiger partial charge is 0.243 e. The Morgan fingerprint density at radius 3 is 2.43 bits per heavy atom. The zero-order valence-corrected chi connectivity index (χ0v) is 14.3. The van der Waals surface area contributed by atoms with E-state index in [2.05, 4.69) is 0 Å². The fourth-order valence-electron chi connectivity index (χ4n) is 2.35. The van der Waals surface area contributed by atoms with E-state index >= 15 is 0 Å². The number of nitrogens with zero attached hydrogens (tertiary/aromatic N) is 2. The van der Waals surface area contributed by atoms with Crippen LogP contribution < -0.4 is 9.47 Å². The fourth-order valence-corrected chi connectivity index (χ4v) is 4.05. The van der Waals surface area contributed by atoms with Gasteiger partial charge in [0.25, 0.3) is 0 Å². The molecule has 0 atom stereocenters. The van der Waals surface area contributed by atoms with Crippen LogP contribution in [0.5, 0.6) is 11.5 Å². The van der Waals surface area contributed by atoms with Gasteiger partial charge in [0.15, 0.2) is 11.5 Å². The van der Waals surface area contributed by atoms with Gasteiger partial charge in [0, 0.05) is 25.1 Å². The van der Waals surface area contributed by atoms with E-state index in [1.165, 1.54) is 16.4 Å². The van der Waals surface area contributed by atoms with Gasteiger partial charge in [-0.15, -0.1) is 0 Å². The van der Waals surface area contributed by atoms with E-state index in [1.807, 2.05) is 19.9 Å². The first-order chi connectivity index (χ1) is 11.0. The van der Waals surface area contributed by atoms with Gasteiger partial charge in [0.05, 0.1) is 24.2 Å². The van der Waals surface area contributed by atoms with Crippen molar-refractivity contribution in [1.82, 2.24) is 4.31 Å². The molecule has 0 amide bonds. The SMILES string of the molecule is CCOc1ccc(S(=O)(=O)N(CCC#N)C2CC2)cc1OCC. The van der Waals surface area contributed by atoms with E-state index in [9.17, 15) is 8.42 Å². The molecule has 0 saturated heterocycles. The fraction of sp³-hybridized carbons (Fsp3) is 0.562. The van der Waals surface area contributed by atoms with Gasteiger partial charge in [-0.2, -0.15) is 9.57 Å². The van der Waals surface area contributed by atoms with Crippen LogP contribution in [0.25, 0.3) is 0 Å². The van der Waals surface area contributed by atoms with Crippen LogP contribution in [-0.4, -0.2) is 38.5 Å². The summed E-state index contributed by atoms with van der Waals surface area (Å²) in [5, 5.41) is 8.76. The van der Waals surface area contributed by atoms with Crippen molar-refractivity contribution in [2.45, 2.75) is 44.0 Å². The minimum absolute atomic E-state index is 0.00969. The molecule has 0 unspecified atom stereocenters. The molecule has 1 fully saturated rings. The predicted octanol–water partition coefficient (Wildman–Crippen LogP) is 2.55. The van der Waals surface area contributed by atoms with E-state index in [0.717, 1.165) is 12.8 Å². The molecule has 1 aliphatic rings. The molecular formula is C16H22N2O4S. The zero-order valence-electron chi connectivity index (χ0n) is 13.5. The van der Waals surface area contributed by atoms with Crippen LogP contribution in [0.4, 0.5) is 0 Å². The maximum Gasteiger partial charge on any atom is 0.243 e. The summed E-state index contributed by atoms with van der Waals surface area (Å²) in [6.45, 7) is 4.81. The van der Waals surface area contributed by atoms with E-state index in [1.54, 1.807) is 6.07 Å². The van der Waals surface area contributed by atoms with Crippen molar-refractivity contribution in [1.29, 1.82) is 5.26 Å². The third-order valence-corrected chi connectivity index (χ3v) is 5.47. The van der Waals surface area contributed by atoms with E-state index in [0.29, 0.717) is 24.7 Å². The summed E-state index contributed by atoms with van der Waals surface area (Å²) in [7, 11) is -3.64. The van der Waals surface area contributed by atoms with E-state index < -0.39 is 10.0 Å². The number of benzene rings is 1. The molecule has 126 valence electrons. The molecule has 23 heavy (non-hydrogen) atoms. The Labute approximate surface area is 137 Å². The number of nitriles is 1. The Kier molecular flexibility index (Phi) is 5.85. The highest BCUT2D eigenvalue weighted by atomic mass is 32.2. The lowest BCUT2D eigenvalue weighted by Gasteiger charge is -2.21. The summed E-state index contributed by atoms with van der Waals surface area (Å²) >= 11 is 0. The summed E-state index contributed by atoms with van der Waals surface area (Å²) in [6.07, 6.45) is 1.88. The van der Waals surface area contributed by atoms with Crippen molar-refractivity contribution in [3.63, 3.8) is 0 Å². The molecule has 6 nitrogen and oxygen atoms in total. The van der Waals surface area contributed by atoms with E-state index in [4.69, 9.17) is 14.7 Å². The molecule has 7 heteroatoms. The maximum absolute atomic E-state index is 12.9. The van der Waals surface area contributed by atoms with Crippen LogP contribution in [-0.2, 0) is 10.0 Å². The molecule has 0 radical (unpaired) electrons. The first kappa shape index (κ1) is 17.6. The highest BCUT2D eigenvalue weighted by Gasteiger charge is 2.38. The van der Waals surface area contributed by atoms with Crippen molar-refractivity contribution in [2.75, 3.05) is 19.8 Å². The lowest BCUT2D eigenvalue weighted by molar-refractivity contribution is 0.287. The average molecular weight is 338 g/mol. The monoisotopic (exact) mass is 338 g/mol. The second-order valence-corrected chi connectivity index (χ2v) is 7.12. The van der Waals surface area contributed by atoms with Gasteiger partial charge in [0.2, 0.25) is 10.0 Å². The average Bonchev–Trinajstić information content (AvgIpc) is 3.34. The summed E-state index contributed by atoms with van der Waals surface area (Å²) in [6, 6.07) is 6.68. The van der Waals surface area contributed by atoms with Gasteiger partial charge < -0.3 is 9.47 Å². The third-order valence-electron chi connectivity index (χ3n) is 3.52. The van der Waals surface area contributed by atoms with Gasteiger partial charge in [-0.1, -0.05) is 0 Å². The number of hydrogen-bond acceptors (Lipinski definition) is 5. The second-order valence-electron chi connectivity index (χ2n) is 5.23. The van der Waals surface area contributed by atoms with Crippen LogP contribution in [0, 0.1) is 11.3 Å². The summed E-state index contributed by atoms with van der Waals surface area (Å²) < 4.78 is 38.1. The highest BCUT2D eigenvalue weighted by molar-refractivity contribution is 7.89. The molecule has 0 bridgehead atoms. The minimum atomic E-state index is -3.64. The molecular weight excluding hydrogens is 316 g/mol. The Balaban J connectivity index is 2.34. The van der Waals surface area contributed by atoms with Gasteiger partial charge in [-0.3, -0.25) is 0 Å². The molecule has 0 N–H and O–H groups in total. The van der Waals surface area contributed by atoms with Crippen molar-refractivity contribution >= 4 is 10.0 Å². The van der Waals surface area contributed by atoms with Crippen molar-refractivity contribution < 1.29 is 17.9 Å². The Bertz CT molecular complexity index is 678. The third kappa shape index (κ3) is 4.15. The highest BCUT2D eigenvalue weighted by Crippen LogP contribution is 2.35. The van der Waals surface area contributed by atoms with Crippen molar-refractivity contribution in [3.8, 4) is 17.6 Å².